The third-order valence-electron chi connectivity index (χ3n) is 7.18. The summed E-state index contributed by atoms with van der Waals surface area (Å²) < 4.78 is 15.2. The van der Waals surface area contributed by atoms with Crippen LogP contribution < -0.4 is 5.56 Å². The molecule has 0 aliphatic carbocycles. The monoisotopic (exact) mass is 524 g/mol. The molecule has 0 fully saturated rings. The number of nitrogens with one attached hydrogen (secondary N) is 1. The largest absolute Gasteiger partial charge is 0.321 e. The van der Waals surface area contributed by atoms with Crippen molar-refractivity contribution in [3.63, 3.8) is 0 Å². The number of aryl methyl sites for hydroxylation is 3. The minimum Gasteiger partial charge on any atom is -0.321 e. The van der Waals surface area contributed by atoms with E-state index in [0.29, 0.717) is 31.0 Å². The number of hydrogen-bond donors (Lipinski definition) is 1. The number of hydrogen-bond acceptors (Lipinski definition) is 5. The SMILES string of the molecule is CC[C@H](c1nnnn1Cc1ccc(F)cc1)N(Cc1ccc(C)cc1)Cc1cc2cc(C)cc(C)c2[nH]c1=O. The van der Waals surface area contributed by atoms with E-state index in [1.165, 1.54) is 17.7 Å². The summed E-state index contributed by atoms with van der Waals surface area (Å²) in [5, 5.41) is 13.7. The Hall–Kier alpha value is -4.17. The summed E-state index contributed by atoms with van der Waals surface area (Å²) in [4.78, 5) is 18.7. The molecule has 2 heterocycles. The number of rotatable bonds is 9. The predicted octanol–water partition coefficient (Wildman–Crippen LogP) is 5.78. The van der Waals surface area contributed by atoms with Gasteiger partial charge in [0.15, 0.2) is 5.82 Å². The van der Waals surface area contributed by atoms with Crippen molar-refractivity contribution in [1.82, 2.24) is 30.1 Å². The molecule has 1 N–H and O–H groups in total. The predicted molar refractivity (Wildman–Crippen MR) is 151 cm³/mol. The summed E-state index contributed by atoms with van der Waals surface area (Å²) in [6, 6.07) is 20.8. The third kappa shape index (κ3) is 5.96. The van der Waals surface area contributed by atoms with Gasteiger partial charge in [-0.25, -0.2) is 9.07 Å². The van der Waals surface area contributed by atoms with E-state index in [9.17, 15) is 9.18 Å². The van der Waals surface area contributed by atoms with Gasteiger partial charge in [-0.2, -0.15) is 0 Å². The minimum absolute atomic E-state index is 0.0934. The van der Waals surface area contributed by atoms with Crippen LogP contribution in [0.2, 0.25) is 0 Å². The second kappa shape index (κ2) is 11.3. The van der Waals surface area contributed by atoms with Gasteiger partial charge in [0.2, 0.25) is 0 Å². The molecule has 0 aliphatic heterocycles. The minimum atomic E-state index is -0.280. The standard InChI is InChI=1S/C31H33FN6O/c1-5-28(30-34-35-36-38(30)18-24-10-12-27(32)13-11-24)37(17-23-8-6-20(2)7-9-23)19-26-16-25-15-21(3)14-22(4)29(25)33-31(26)39/h6-16,28H,5,17-19H2,1-4H3,(H,33,39)/t28-/m1/s1. The van der Waals surface area contributed by atoms with Crippen molar-refractivity contribution in [3.05, 3.63) is 122 Å². The van der Waals surface area contributed by atoms with Crippen LogP contribution in [0.15, 0.2) is 71.5 Å². The lowest BCUT2D eigenvalue weighted by atomic mass is 10.0. The lowest BCUT2D eigenvalue weighted by Crippen LogP contribution is -2.32. The summed E-state index contributed by atoms with van der Waals surface area (Å²) in [6.45, 7) is 9.71. The van der Waals surface area contributed by atoms with Gasteiger partial charge >= 0.3 is 0 Å². The van der Waals surface area contributed by atoms with E-state index >= 15 is 0 Å². The number of H-pyrrole nitrogens is 1. The van der Waals surface area contributed by atoms with Gasteiger partial charge in [-0.15, -0.1) is 5.10 Å². The molecule has 0 amide bonds. The maximum absolute atomic E-state index is 13.5. The first-order valence-electron chi connectivity index (χ1n) is 13.2. The summed E-state index contributed by atoms with van der Waals surface area (Å²) >= 11 is 0. The van der Waals surface area contributed by atoms with Crippen LogP contribution in [0.3, 0.4) is 0 Å². The fraction of sp³-hybridized carbons (Fsp3) is 0.290. The second-order valence-electron chi connectivity index (χ2n) is 10.3. The average Bonchev–Trinajstić information content (AvgIpc) is 3.35. The molecule has 0 unspecified atom stereocenters. The molecule has 0 aliphatic rings. The zero-order chi connectivity index (χ0) is 27.5. The molecule has 0 radical (unpaired) electrons. The van der Waals surface area contributed by atoms with Gasteiger partial charge in [0.25, 0.3) is 5.56 Å². The average molecular weight is 525 g/mol. The Morgan fingerprint density at radius 1 is 0.923 bits per heavy atom. The zero-order valence-electron chi connectivity index (χ0n) is 22.8. The van der Waals surface area contributed by atoms with Gasteiger partial charge in [-0.1, -0.05) is 60.5 Å². The molecule has 0 bridgehead atoms. The number of aromatic nitrogens is 5. The van der Waals surface area contributed by atoms with Gasteiger partial charge < -0.3 is 4.98 Å². The highest BCUT2D eigenvalue weighted by Gasteiger charge is 2.26. The van der Waals surface area contributed by atoms with Crippen molar-refractivity contribution in [3.8, 4) is 0 Å². The summed E-state index contributed by atoms with van der Waals surface area (Å²) in [6.07, 6.45) is 0.735. The molecule has 39 heavy (non-hydrogen) atoms. The van der Waals surface area contributed by atoms with Crippen LogP contribution in [0.25, 0.3) is 10.9 Å². The summed E-state index contributed by atoms with van der Waals surface area (Å²) in [7, 11) is 0. The van der Waals surface area contributed by atoms with Gasteiger partial charge in [-0.05, 0) is 84.0 Å². The molecule has 5 aromatic rings. The number of aromatic amines is 1. The number of pyridine rings is 1. The van der Waals surface area contributed by atoms with E-state index in [-0.39, 0.29) is 17.4 Å². The molecule has 0 spiro atoms. The van der Waals surface area contributed by atoms with Crippen LogP contribution in [-0.2, 0) is 19.6 Å². The normalized spacial score (nSPS) is 12.4. The highest BCUT2D eigenvalue weighted by atomic mass is 19.1. The fourth-order valence-electron chi connectivity index (χ4n) is 5.20. The third-order valence-corrected chi connectivity index (χ3v) is 7.18. The Morgan fingerprint density at radius 2 is 1.64 bits per heavy atom. The molecule has 0 saturated heterocycles. The van der Waals surface area contributed by atoms with E-state index in [1.54, 1.807) is 16.8 Å². The van der Waals surface area contributed by atoms with Crippen LogP contribution in [0.1, 0.15) is 58.6 Å². The van der Waals surface area contributed by atoms with Crippen molar-refractivity contribution >= 4 is 10.9 Å². The van der Waals surface area contributed by atoms with E-state index < -0.39 is 0 Å². The maximum Gasteiger partial charge on any atom is 0.252 e. The molecular weight excluding hydrogens is 491 g/mol. The molecule has 0 saturated carbocycles. The Bertz CT molecular complexity index is 1640. The first kappa shape index (κ1) is 26.4. The Labute approximate surface area is 227 Å². The van der Waals surface area contributed by atoms with Crippen molar-refractivity contribution in [2.45, 2.75) is 59.8 Å². The number of fused-ring (bicyclic) bond motifs is 1. The maximum atomic E-state index is 13.5. The molecule has 7 nitrogen and oxygen atoms in total. The molecule has 2 aromatic heterocycles. The van der Waals surface area contributed by atoms with Crippen LogP contribution in [-0.4, -0.2) is 30.1 Å². The number of nitrogens with zero attached hydrogens (tertiary/aromatic N) is 5. The van der Waals surface area contributed by atoms with Crippen LogP contribution >= 0.6 is 0 Å². The van der Waals surface area contributed by atoms with Crippen molar-refractivity contribution in [1.29, 1.82) is 0 Å². The molecular formula is C31H33FN6O. The second-order valence-corrected chi connectivity index (χ2v) is 10.3. The van der Waals surface area contributed by atoms with E-state index in [4.69, 9.17) is 0 Å². The quantitative estimate of drug-likeness (QED) is 0.264. The zero-order valence-corrected chi connectivity index (χ0v) is 22.8. The highest BCUT2D eigenvalue weighted by molar-refractivity contribution is 5.82. The lowest BCUT2D eigenvalue weighted by Gasteiger charge is -2.30. The number of benzene rings is 3. The van der Waals surface area contributed by atoms with Crippen molar-refractivity contribution in [2.24, 2.45) is 0 Å². The Kier molecular flexibility index (Phi) is 7.65. The Morgan fingerprint density at radius 3 is 2.36 bits per heavy atom. The van der Waals surface area contributed by atoms with Crippen LogP contribution in [0, 0.1) is 26.6 Å². The van der Waals surface area contributed by atoms with Gasteiger partial charge in [0.05, 0.1) is 18.1 Å². The first-order valence-corrected chi connectivity index (χ1v) is 13.2. The van der Waals surface area contributed by atoms with Crippen molar-refractivity contribution in [2.75, 3.05) is 0 Å². The molecule has 1 atom stereocenters. The van der Waals surface area contributed by atoms with Gasteiger partial charge in [0.1, 0.15) is 5.82 Å². The Balaban J connectivity index is 1.53. The van der Waals surface area contributed by atoms with Crippen molar-refractivity contribution < 1.29 is 4.39 Å². The molecule has 5 rings (SSSR count). The first-order chi connectivity index (χ1) is 18.8. The highest BCUT2D eigenvalue weighted by Crippen LogP contribution is 2.27. The number of tetrazole rings is 1. The number of halogens is 1. The fourth-order valence-corrected chi connectivity index (χ4v) is 5.20. The molecule has 3 aromatic carbocycles. The van der Waals surface area contributed by atoms with E-state index in [0.717, 1.165) is 39.6 Å². The molecule has 8 heteroatoms. The molecule has 200 valence electrons. The van der Waals surface area contributed by atoms with Crippen LogP contribution in [0.5, 0.6) is 0 Å². The van der Waals surface area contributed by atoms with Crippen LogP contribution in [0.4, 0.5) is 4.39 Å². The summed E-state index contributed by atoms with van der Waals surface area (Å²) in [5.74, 6) is 0.426. The smallest absolute Gasteiger partial charge is 0.252 e. The van der Waals surface area contributed by atoms with E-state index in [1.807, 2.05) is 13.0 Å². The van der Waals surface area contributed by atoms with Gasteiger partial charge in [-0.3, -0.25) is 9.69 Å². The summed E-state index contributed by atoms with van der Waals surface area (Å²) in [5.41, 5.74) is 6.91. The van der Waals surface area contributed by atoms with E-state index in [2.05, 4.69) is 82.6 Å². The van der Waals surface area contributed by atoms with Gasteiger partial charge in [0, 0.05) is 18.7 Å². The topological polar surface area (TPSA) is 79.7 Å². The lowest BCUT2D eigenvalue weighted by molar-refractivity contribution is 0.161.